The molecule has 4 heteroatoms. The Morgan fingerprint density at radius 3 is 2.00 bits per heavy atom. The third-order valence-electron chi connectivity index (χ3n) is 3.47. The van der Waals surface area contributed by atoms with E-state index in [0.29, 0.717) is 6.54 Å². The Morgan fingerprint density at radius 2 is 1.50 bits per heavy atom. The van der Waals surface area contributed by atoms with Crippen LogP contribution < -0.4 is 5.32 Å². The van der Waals surface area contributed by atoms with E-state index in [9.17, 15) is 5.11 Å². The molecule has 110 valence electrons. The van der Waals surface area contributed by atoms with Crippen molar-refractivity contribution < 1.29 is 5.11 Å². The second-order valence-corrected chi connectivity index (χ2v) is 4.72. The molecular weight excluding hydrogens is 226 g/mol. The summed E-state index contributed by atoms with van der Waals surface area (Å²) in [4.78, 5) is 4.68. The molecule has 0 aromatic heterocycles. The van der Waals surface area contributed by atoms with Gasteiger partial charge in [-0.2, -0.15) is 0 Å². The van der Waals surface area contributed by atoms with Crippen molar-refractivity contribution in [1.82, 2.24) is 15.1 Å². The molecule has 0 aliphatic rings. The van der Waals surface area contributed by atoms with Crippen molar-refractivity contribution in [3.8, 4) is 0 Å². The Labute approximate surface area is 113 Å². The standard InChI is InChI=1S/C14H33N3O/c1-5-16(6-2)11-9-10-15-12-14(18)13-17(7-3)8-4/h14-15,18H,5-13H2,1-4H3. The van der Waals surface area contributed by atoms with Crippen LogP contribution in [-0.2, 0) is 0 Å². The summed E-state index contributed by atoms with van der Waals surface area (Å²) in [6.07, 6.45) is 0.901. The van der Waals surface area contributed by atoms with Crippen LogP contribution in [0.2, 0.25) is 0 Å². The van der Waals surface area contributed by atoms with Gasteiger partial charge in [0.1, 0.15) is 0 Å². The molecule has 1 atom stereocenters. The summed E-state index contributed by atoms with van der Waals surface area (Å²) in [5, 5.41) is 13.2. The second kappa shape index (κ2) is 11.9. The maximum atomic E-state index is 9.87. The highest BCUT2D eigenvalue weighted by molar-refractivity contribution is 4.65. The Kier molecular flexibility index (Phi) is 11.8. The first-order chi connectivity index (χ1) is 8.67. The van der Waals surface area contributed by atoms with Gasteiger partial charge in [0.25, 0.3) is 0 Å². The van der Waals surface area contributed by atoms with Gasteiger partial charge in [-0.1, -0.05) is 27.7 Å². The Morgan fingerprint density at radius 1 is 0.944 bits per heavy atom. The van der Waals surface area contributed by atoms with E-state index in [1.807, 2.05) is 0 Å². The van der Waals surface area contributed by atoms with E-state index in [2.05, 4.69) is 42.8 Å². The van der Waals surface area contributed by atoms with Gasteiger partial charge in [-0.25, -0.2) is 0 Å². The van der Waals surface area contributed by atoms with Crippen LogP contribution in [0.1, 0.15) is 34.1 Å². The number of likely N-dealkylation sites (N-methyl/N-ethyl adjacent to an activating group) is 1. The zero-order valence-corrected chi connectivity index (χ0v) is 12.8. The Hall–Kier alpha value is -0.160. The highest BCUT2D eigenvalue weighted by Crippen LogP contribution is 1.92. The summed E-state index contributed by atoms with van der Waals surface area (Å²) < 4.78 is 0. The molecule has 18 heavy (non-hydrogen) atoms. The van der Waals surface area contributed by atoms with Crippen molar-refractivity contribution in [1.29, 1.82) is 0 Å². The first-order valence-corrected chi connectivity index (χ1v) is 7.51. The van der Waals surface area contributed by atoms with Crippen LogP contribution in [0, 0.1) is 0 Å². The number of hydrogen-bond donors (Lipinski definition) is 2. The van der Waals surface area contributed by atoms with Crippen molar-refractivity contribution in [2.75, 3.05) is 52.4 Å². The topological polar surface area (TPSA) is 38.7 Å². The van der Waals surface area contributed by atoms with E-state index in [1.54, 1.807) is 0 Å². The maximum absolute atomic E-state index is 9.87. The maximum Gasteiger partial charge on any atom is 0.0791 e. The molecule has 0 aliphatic heterocycles. The van der Waals surface area contributed by atoms with Crippen molar-refractivity contribution >= 4 is 0 Å². The summed E-state index contributed by atoms with van der Waals surface area (Å²) in [5.41, 5.74) is 0. The molecule has 0 aliphatic carbocycles. The van der Waals surface area contributed by atoms with Gasteiger partial charge in [-0.3, -0.25) is 0 Å². The van der Waals surface area contributed by atoms with E-state index >= 15 is 0 Å². The number of nitrogens with one attached hydrogen (secondary N) is 1. The van der Waals surface area contributed by atoms with Gasteiger partial charge in [0.2, 0.25) is 0 Å². The number of hydrogen-bond acceptors (Lipinski definition) is 4. The van der Waals surface area contributed by atoms with E-state index in [4.69, 9.17) is 0 Å². The summed E-state index contributed by atoms with van der Waals surface area (Å²) in [5.74, 6) is 0. The fourth-order valence-corrected chi connectivity index (χ4v) is 2.08. The molecule has 4 nitrogen and oxygen atoms in total. The van der Waals surface area contributed by atoms with Gasteiger partial charge in [-0.15, -0.1) is 0 Å². The van der Waals surface area contributed by atoms with Gasteiger partial charge >= 0.3 is 0 Å². The lowest BCUT2D eigenvalue weighted by molar-refractivity contribution is 0.116. The molecule has 0 saturated heterocycles. The first-order valence-electron chi connectivity index (χ1n) is 7.51. The quantitative estimate of drug-likeness (QED) is 0.513. The Bertz CT molecular complexity index is 170. The molecule has 0 heterocycles. The number of aliphatic hydroxyl groups is 1. The van der Waals surface area contributed by atoms with E-state index in [0.717, 1.165) is 52.2 Å². The first kappa shape index (κ1) is 17.8. The summed E-state index contributed by atoms with van der Waals surface area (Å²) >= 11 is 0. The summed E-state index contributed by atoms with van der Waals surface area (Å²) in [7, 11) is 0. The van der Waals surface area contributed by atoms with Crippen LogP contribution >= 0.6 is 0 Å². The number of nitrogens with zero attached hydrogens (tertiary/aromatic N) is 2. The molecule has 2 N–H and O–H groups in total. The fourth-order valence-electron chi connectivity index (χ4n) is 2.08. The molecule has 0 spiro atoms. The van der Waals surface area contributed by atoms with Crippen LogP contribution in [0.4, 0.5) is 0 Å². The van der Waals surface area contributed by atoms with Crippen molar-refractivity contribution in [3.63, 3.8) is 0 Å². The summed E-state index contributed by atoms with van der Waals surface area (Å²) in [6.45, 7) is 16.5. The Balaban J connectivity index is 3.48. The normalized spacial score (nSPS) is 13.5. The van der Waals surface area contributed by atoms with E-state index in [1.165, 1.54) is 0 Å². The smallest absolute Gasteiger partial charge is 0.0791 e. The summed E-state index contributed by atoms with van der Waals surface area (Å²) in [6, 6.07) is 0. The number of aliphatic hydroxyl groups excluding tert-OH is 1. The van der Waals surface area contributed by atoms with E-state index in [-0.39, 0.29) is 6.10 Å². The molecule has 0 fully saturated rings. The molecule has 0 amide bonds. The third kappa shape index (κ3) is 8.86. The van der Waals surface area contributed by atoms with Crippen LogP contribution in [-0.4, -0.2) is 73.4 Å². The lowest BCUT2D eigenvalue weighted by atomic mass is 10.3. The zero-order chi connectivity index (χ0) is 13.8. The van der Waals surface area contributed by atoms with Gasteiger partial charge in [0.05, 0.1) is 6.10 Å². The molecular formula is C14H33N3O. The largest absolute Gasteiger partial charge is 0.390 e. The molecule has 1 unspecified atom stereocenters. The lowest BCUT2D eigenvalue weighted by Crippen LogP contribution is -2.39. The minimum absolute atomic E-state index is 0.252. The van der Waals surface area contributed by atoms with Gasteiger partial charge < -0.3 is 20.2 Å². The molecule has 0 aromatic carbocycles. The van der Waals surface area contributed by atoms with E-state index < -0.39 is 0 Å². The predicted octanol–water partition coefficient (Wildman–Crippen LogP) is 1.01. The van der Waals surface area contributed by atoms with Crippen molar-refractivity contribution in [3.05, 3.63) is 0 Å². The van der Waals surface area contributed by atoms with Crippen molar-refractivity contribution in [2.24, 2.45) is 0 Å². The third-order valence-corrected chi connectivity index (χ3v) is 3.47. The van der Waals surface area contributed by atoms with Gasteiger partial charge in [0, 0.05) is 13.1 Å². The van der Waals surface area contributed by atoms with Crippen molar-refractivity contribution in [2.45, 2.75) is 40.2 Å². The lowest BCUT2D eigenvalue weighted by Gasteiger charge is -2.22. The zero-order valence-electron chi connectivity index (χ0n) is 12.8. The monoisotopic (exact) mass is 259 g/mol. The second-order valence-electron chi connectivity index (χ2n) is 4.72. The van der Waals surface area contributed by atoms with Crippen LogP contribution in [0.25, 0.3) is 0 Å². The average molecular weight is 259 g/mol. The fraction of sp³-hybridized carbons (Fsp3) is 1.00. The highest BCUT2D eigenvalue weighted by Gasteiger charge is 2.08. The molecule has 0 radical (unpaired) electrons. The van der Waals surface area contributed by atoms with Gasteiger partial charge in [-0.05, 0) is 45.7 Å². The molecule has 0 aromatic rings. The van der Waals surface area contributed by atoms with Crippen LogP contribution in [0.3, 0.4) is 0 Å². The molecule has 0 rings (SSSR count). The number of rotatable bonds is 12. The van der Waals surface area contributed by atoms with Gasteiger partial charge in [0.15, 0.2) is 0 Å². The SMILES string of the molecule is CCN(CC)CCCNCC(O)CN(CC)CC. The van der Waals surface area contributed by atoms with Crippen LogP contribution in [0.15, 0.2) is 0 Å². The minimum Gasteiger partial charge on any atom is -0.390 e. The highest BCUT2D eigenvalue weighted by atomic mass is 16.3. The van der Waals surface area contributed by atoms with Crippen LogP contribution in [0.5, 0.6) is 0 Å². The minimum atomic E-state index is -0.252. The molecule has 0 bridgehead atoms. The predicted molar refractivity (Wildman–Crippen MR) is 79.1 cm³/mol. The average Bonchev–Trinajstić information content (AvgIpc) is 2.40. The molecule has 0 saturated carbocycles.